The Labute approximate surface area is 306 Å². The Kier molecular flexibility index (Phi) is 8.67. The minimum atomic E-state index is -4.87. The minimum Gasteiger partial charge on any atom is -0.508 e. The van der Waals surface area contributed by atoms with Crippen LogP contribution in [0.4, 0.5) is 38.0 Å². The molecule has 4 heterocycles. The molecule has 0 unspecified atom stereocenters. The number of allylic oxidation sites excluding steroid dienone is 2. The zero-order valence-electron chi connectivity index (χ0n) is 27.4. The number of carbonyl (C=O) groups is 4. The third kappa shape index (κ3) is 5.84. The number of carbonyl (C=O) groups excluding carboxylic acids is 4. The number of benzene rings is 1. The van der Waals surface area contributed by atoms with Crippen molar-refractivity contribution in [1.82, 2.24) is 20.0 Å². The van der Waals surface area contributed by atoms with E-state index in [-0.39, 0.29) is 28.6 Å². The molecule has 4 amide bonds. The Hall–Kier alpha value is -4.90. The lowest BCUT2D eigenvalue weighted by molar-refractivity contribution is -0.143. The Balaban J connectivity index is 1.28. The van der Waals surface area contributed by atoms with Crippen LogP contribution in [0.3, 0.4) is 0 Å². The number of aromatic hydroxyl groups is 1. The average Bonchev–Trinajstić information content (AvgIpc) is 3.50. The number of hydrogen-bond donors (Lipinski definition) is 1. The summed E-state index contributed by atoms with van der Waals surface area (Å²) in [6, 6.07) is 8.98. The first-order valence-corrected chi connectivity index (χ1v) is 16.8. The number of pyridine rings is 2. The number of anilines is 2. The standard InChI is InChI=1S/C34H26Cl2F6N6O5/c1-45(27-20(35)9-11-22(43-27)33(37,38)39)47-29(50)17-8-7-16-18(25(17)31(47)52)13-19-26(24(16)14-3-5-15(49)6-4-14)32(53)48(30(19)51)46(2)28-21(36)10-12-23(44-28)34(40,41)42/h3-7,9-12,17-19,24-26,49H,8,13H2,1-2H3/t17-,18+,19+,24-,25-,26+/m0/s1. The highest BCUT2D eigenvalue weighted by atomic mass is 35.5. The van der Waals surface area contributed by atoms with E-state index in [1.807, 2.05) is 0 Å². The molecule has 0 spiro atoms. The van der Waals surface area contributed by atoms with Gasteiger partial charge in [-0.1, -0.05) is 47.0 Å². The number of phenols is 1. The fraction of sp³-hybridized carbons (Fsp3) is 0.353. The van der Waals surface area contributed by atoms with Gasteiger partial charge in [-0.25, -0.2) is 9.97 Å². The smallest absolute Gasteiger partial charge is 0.433 e. The lowest BCUT2D eigenvalue weighted by atomic mass is 9.57. The number of hydrazine groups is 2. The molecule has 2 saturated heterocycles. The molecule has 278 valence electrons. The monoisotopic (exact) mass is 782 g/mol. The van der Waals surface area contributed by atoms with Crippen LogP contribution in [0, 0.1) is 29.6 Å². The molecule has 4 aliphatic rings. The van der Waals surface area contributed by atoms with E-state index in [1.165, 1.54) is 38.4 Å². The van der Waals surface area contributed by atoms with Gasteiger partial charge in [0.1, 0.15) is 17.1 Å². The van der Waals surface area contributed by atoms with Gasteiger partial charge in [0, 0.05) is 20.0 Å². The van der Waals surface area contributed by atoms with E-state index in [2.05, 4.69) is 9.97 Å². The predicted molar refractivity (Wildman–Crippen MR) is 175 cm³/mol. The summed E-state index contributed by atoms with van der Waals surface area (Å²) in [5, 5.41) is 12.6. The second-order valence-corrected chi connectivity index (χ2v) is 14.0. The first kappa shape index (κ1) is 36.5. The number of hydrogen-bond acceptors (Lipinski definition) is 9. The Morgan fingerprint density at radius 2 is 1.15 bits per heavy atom. The molecule has 0 radical (unpaired) electrons. The van der Waals surface area contributed by atoms with E-state index in [1.54, 1.807) is 6.08 Å². The van der Waals surface area contributed by atoms with Gasteiger partial charge in [-0.05, 0) is 60.7 Å². The Bertz CT molecular complexity index is 2100. The van der Waals surface area contributed by atoms with E-state index in [0.717, 1.165) is 22.2 Å². The van der Waals surface area contributed by atoms with E-state index < -0.39 is 94.5 Å². The van der Waals surface area contributed by atoms with Crippen molar-refractivity contribution >= 4 is 58.5 Å². The van der Waals surface area contributed by atoms with Crippen LogP contribution in [0.5, 0.6) is 5.75 Å². The van der Waals surface area contributed by atoms with E-state index in [9.17, 15) is 50.6 Å². The quantitative estimate of drug-likeness (QED) is 0.181. The third-order valence-corrected chi connectivity index (χ3v) is 10.9. The van der Waals surface area contributed by atoms with Crippen LogP contribution in [0.2, 0.25) is 10.0 Å². The number of phenolic OH excluding ortho intramolecular Hbond substituents is 1. The number of rotatable bonds is 5. The van der Waals surface area contributed by atoms with Crippen LogP contribution in [0.1, 0.15) is 35.7 Å². The van der Waals surface area contributed by atoms with Gasteiger partial charge in [0.2, 0.25) is 0 Å². The van der Waals surface area contributed by atoms with Crippen LogP contribution in [-0.2, 0) is 31.5 Å². The molecular formula is C34H26Cl2F6N6O5. The first-order valence-electron chi connectivity index (χ1n) is 16.0. The van der Waals surface area contributed by atoms with Crippen LogP contribution in [0.15, 0.2) is 60.2 Å². The summed E-state index contributed by atoms with van der Waals surface area (Å²) in [4.78, 5) is 63.8. The SMILES string of the molecule is CN(c1nc(C(F)(F)F)ccc1Cl)N1C(=O)[C@H]2[C@H](CC=C3[C@H]2C[C@H]2C(=O)N(N(C)c4nc(C(F)(F)F)ccc4Cl)C(=O)[C@H]2[C@H]3c2ccc(O)cc2)C1=O. The van der Waals surface area contributed by atoms with Crippen LogP contribution < -0.4 is 10.0 Å². The van der Waals surface area contributed by atoms with Crippen LogP contribution >= 0.6 is 23.2 Å². The van der Waals surface area contributed by atoms with Crippen molar-refractivity contribution in [2.24, 2.45) is 29.6 Å². The van der Waals surface area contributed by atoms with Crippen molar-refractivity contribution < 1.29 is 50.6 Å². The van der Waals surface area contributed by atoms with Gasteiger partial charge in [-0.2, -0.15) is 36.4 Å². The summed E-state index contributed by atoms with van der Waals surface area (Å²) in [5.74, 6) is -10.4. The van der Waals surface area contributed by atoms with Gasteiger partial charge in [0.25, 0.3) is 23.6 Å². The molecule has 19 heteroatoms. The molecular weight excluding hydrogens is 757 g/mol. The average molecular weight is 784 g/mol. The van der Waals surface area contributed by atoms with Crippen molar-refractivity contribution in [2.75, 3.05) is 24.1 Å². The van der Waals surface area contributed by atoms with E-state index in [4.69, 9.17) is 23.2 Å². The van der Waals surface area contributed by atoms with Gasteiger partial charge in [0.05, 0.1) is 33.7 Å². The summed E-state index contributed by atoms with van der Waals surface area (Å²) in [5.41, 5.74) is -1.61. The zero-order chi connectivity index (χ0) is 38.5. The van der Waals surface area contributed by atoms with Crippen molar-refractivity contribution in [1.29, 1.82) is 0 Å². The molecule has 2 aliphatic carbocycles. The number of amides is 4. The zero-order valence-corrected chi connectivity index (χ0v) is 28.9. The van der Waals surface area contributed by atoms with Crippen LogP contribution in [0.25, 0.3) is 0 Å². The number of aromatic nitrogens is 2. The molecule has 7 rings (SSSR count). The molecule has 3 fully saturated rings. The summed E-state index contributed by atoms with van der Waals surface area (Å²) in [6.07, 6.45) is -8.16. The lowest BCUT2D eigenvalue weighted by Gasteiger charge is -2.43. The second-order valence-electron chi connectivity index (χ2n) is 13.1. The first-order chi connectivity index (χ1) is 24.8. The van der Waals surface area contributed by atoms with Crippen LogP contribution in [-0.4, -0.2) is 62.8 Å². The number of alkyl halides is 6. The van der Waals surface area contributed by atoms with Gasteiger partial charge in [0.15, 0.2) is 11.6 Å². The third-order valence-electron chi connectivity index (χ3n) is 10.3. The molecule has 53 heavy (non-hydrogen) atoms. The highest BCUT2D eigenvalue weighted by Crippen LogP contribution is 2.58. The summed E-state index contributed by atoms with van der Waals surface area (Å²) >= 11 is 12.4. The van der Waals surface area contributed by atoms with Crippen molar-refractivity contribution in [3.05, 3.63) is 87.2 Å². The van der Waals surface area contributed by atoms with Gasteiger partial charge in [-0.15, -0.1) is 0 Å². The molecule has 1 N–H and O–H groups in total. The molecule has 3 aromatic rings. The molecule has 2 aromatic heterocycles. The topological polar surface area (TPSA) is 127 Å². The maximum absolute atomic E-state index is 14.3. The normalized spacial score (nSPS) is 25.7. The molecule has 1 saturated carbocycles. The Morgan fingerprint density at radius 1 is 0.679 bits per heavy atom. The number of halogens is 8. The Morgan fingerprint density at radius 3 is 1.64 bits per heavy atom. The molecule has 1 aromatic carbocycles. The maximum Gasteiger partial charge on any atom is 0.433 e. The highest BCUT2D eigenvalue weighted by Gasteiger charge is 2.63. The second kappa shape index (κ2) is 12.6. The largest absolute Gasteiger partial charge is 0.508 e. The number of imide groups is 2. The van der Waals surface area contributed by atoms with E-state index >= 15 is 0 Å². The molecule has 6 atom stereocenters. The van der Waals surface area contributed by atoms with Crippen molar-refractivity contribution in [3.63, 3.8) is 0 Å². The predicted octanol–water partition coefficient (Wildman–Crippen LogP) is 6.27. The van der Waals surface area contributed by atoms with Crippen molar-refractivity contribution in [2.45, 2.75) is 31.1 Å². The number of fused-ring (bicyclic) bond motifs is 4. The summed E-state index contributed by atoms with van der Waals surface area (Å²) in [6.45, 7) is 0. The van der Waals surface area contributed by atoms with Gasteiger partial charge >= 0.3 is 12.4 Å². The minimum absolute atomic E-state index is 0.00332. The van der Waals surface area contributed by atoms with E-state index in [0.29, 0.717) is 33.3 Å². The fourth-order valence-electron chi connectivity index (χ4n) is 8.03. The maximum atomic E-state index is 14.3. The summed E-state index contributed by atoms with van der Waals surface area (Å²) < 4.78 is 81.4. The van der Waals surface area contributed by atoms with Gasteiger partial charge in [-0.3, -0.25) is 29.2 Å². The van der Waals surface area contributed by atoms with Gasteiger partial charge < -0.3 is 5.11 Å². The number of nitrogens with zero attached hydrogens (tertiary/aromatic N) is 6. The van der Waals surface area contributed by atoms with Crippen molar-refractivity contribution in [3.8, 4) is 5.75 Å². The molecule has 0 bridgehead atoms. The highest BCUT2D eigenvalue weighted by molar-refractivity contribution is 6.33. The molecule has 2 aliphatic heterocycles. The molecule has 11 nitrogen and oxygen atoms in total. The fourth-order valence-corrected chi connectivity index (χ4v) is 8.48. The lowest BCUT2D eigenvalue weighted by Crippen LogP contribution is -2.46. The summed E-state index contributed by atoms with van der Waals surface area (Å²) in [7, 11) is 2.34.